The maximum atomic E-state index is 12.1. The third kappa shape index (κ3) is 3.17. The van der Waals surface area contributed by atoms with Crippen molar-refractivity contribution in [3.8, 4) is 0 Å². The Morgan fingerprint density at radius 1 is 1.41 bits per heavy atom. The van der Waals surface area contributed by atoms with E-state index >= 15 is 0 Å². The van der Waals surface area contributed by atoms with Gasteiger partial charge in [0.15, 0.2) is 5.43 Å². The lowest BCUT2D eigenvalue weighted by Gasteiger charge is -2.18. The van der Waals surface area contributed by atoms with Gasteiger partial charge < -0.3 is 9.88 Å². The maximum Gasteiger partial charge on any atom is 0.259 e. The molecule has 1 N–H and O–H groups in total. The average molecular weight is 232 g/mol. The largest absolute Gasteiger partial charge is 0.364 e. The van der Waals surface area contributed by atoms with E-state index in [1.165, 1.54) is 17.2 Å². The molecule has 90 valence electrons. The third-order valence-corrected chi connectivity index (χ3v) is 2.27. The van der Waals surface area contributed by atoms with Gasteiger partial charge in [-0.25, -0.2) is 0 Å². The fourth-order valence-corrected chi connectivity index (χ4v) is 1.46. The molecule has 4 heteroatoms. The van der Waals surface area contributed by atoms with Gasteiger partial charge in [0.1, 0.15) is 5.56 Å². The number of hydrogen-bond donors (Lipinski definition) is 1. The zero-order chi connectivity index (χ0) is 12.8. The molecular weight excluding hydrogens is 216 g/mol. The van der Waals surface area contributed by atoms with Crippen molar-refractivity contribution >= 4 is 5.91 Å². The van der Waals surface area contributed by atoms with Crippen LogP contribution in [0.1, 0.15) is 16.1 Å². The number of carbonyl (C=O) groups is 1. The molecule has 0 aliphatic heterocycles. The van der Waals surface area contributed by atoms with E-state index in [0.717, 1.165) is 5.69 Å². The summed E-state index contributed by atoms with van der Waals surface area (Å²) < 4.78 is 0. The molecule has 1 aromatic heterocycles. The lowest BCUT2D eigenvalue weighted by molar-refractivity contribution is 0.0789. The number of amides is 1. The van der Waals surface area contributed by atoms with E-state index in [1.54, 1.807) is 19.1 Å². The van der Waals surface area contributed by atoms with E-state index in [0.29, 0.717) is 13.1 Å². The molecule has 0 bridgehead atoms. The second-order valence-corrected chi connectivity index (χ2v) is 3.68. The minimum Gasteiger partial charge on any atom is -0.364 e. The zero-order valence-corrected chi connectivity index (χ0v) is 9.90. The van der Waals surface area contributed by atoms with Crippen molar-refractivity contribution in [3.63, 3.8) is 0 Å². The molecule has 1 amide bonds. The van der Waals surface area contributed by atoms with Crippen LogP contribution in [0.15, 0.2) is 42.4 Å². The van der Waals surface area contributed by atoms with Crippen LogP contribution in [0.2, 0.25) is 0 Å². The average Bonchev–Trinajstić information content (AvgIpc) is 2.28. The van der Waals surface area contributed by atoms with Gasteiger partial charge in [-0.2, -0.15) is 0 Å². The highest BCUT2D eigenvalue weighted by atomic mass is 16.2. The number of H-pyrrole nitrogens is 1. The highest BCUT2D eigenvalue weighted by Crippen LogP contribution is 2.00. The van der Waals surface area contributed by atoms with Crippen molar-refractivity contribution in [2.24, 2.45) is 0 Å². The molecule has 0 aliphatic carbocycles. The Morgan fingerprint density at radius 2 is 2.00 bits per heavy atom. The minimum atomic E-state index is -0.314. The molecule has 0 spiro atoms. The summed E-state index contributed by atoms with van der Waals surface area (Å²) >= 11 is 0. The van der Waals surface area contributed by atoms with Gasteiger partial charge in [-0.05, 0) is 6.92 Å². The maximum absolute atomic E-state index is 12.1. The fourth-order valence-electron chi connectivity index (χ4n) is 1.46. The van der Waals surface area contributed by atoms with Gasteiger partial charge in [0.2, 0.25) is 0 Å². The first-order valence-corrected chi connectivity index (χ1v) is 5.30. The van der Waals surface area contributed by atoms with E-state index in [-0.39, 0.29) is 16.9 Å². The molecule has 0 aromatic carbocycles. The van der Waals surface area contributed by atoms with E-state index in [9.17, 15) is 9.59 Å². The lowest BCUT2D eigenvalue weighted by atomic mass is 10.2. The molecule has 1 rings (SSSR count). The number of carbonyl (C=O) groups excluding carboxylic acids is 1. The Bertz CT molecular complexity index is 478. The number of pyridine rings is 1. The second kappa shape index (κ2) is 5.84. The molecule has 0 saturated heterocycles. The number of aryl methyl sites for hydroxylation is 1. The van der Waals surface area contributed by atoms with E-state index in [2.05, 4.69) is 18.1 Å². The van der Waals surface area contributed by atoms with Crippen molar-refractivity contribution in [2.75, 3.05) is 13.1 Å². The van der Waals surface area contributed by atoms with Crippen LogP contribution >= 0.6 is 0 Å². The molecule has 1 heterocycles. The van der Waals surface area contributed by atoms with Crippen LogP contribution in [0.4, 0.5) is 0 Å². The standard InChI is InChI=1S/C13H16N2O2/c1-4-6-15(7-5-2)13(17)11-9-14-10(3)8-12(11)16/h4-5,8-9H,1-2,6-7H2,3H3,(H,14,16). The number of nitrogens with one attached hydrogen (secondary N) is 1. The van der Waals surface area contributed by atoms with Crippen LogP contribution in [-0.4, -0.2) is 28.9 Å². The van der Waals surface area contributed by atoms with E-state index < -0.39 is 0 Å². The van der Waals surface area contributed by atoms with Gasteiger partial charge in [-0.3, -0.25) is 9.59 Å². The first-order valence-electron chi connectivity index (χ1n) is 5.30. The van der Waals surface area contributed by atoms with Gasteiger partial charge in [0, 0.05) is 31.0 Å². The molecule has 0 saturated carbocycles. The summed E-state index contributed by atoms with van der Waals surface area (Å²) in [5.74, 6) is -0.314. The molecule has 4 nitrogen and oxygen atoms in total. The van der Waals surface area contributed by atoms with Crippen LogP contribution in [0.5, 0.6) is 0 Å². The number of aromatic nitrogens is 1. The van der Waals surface area contributed by atoms with Gasteiger partial charge >= 0.3 is 0 Å². The summed E-state index contributed by atoms with van der Waals surface area (Å²) in [6.45, 7) is 9.70. The summed E-state index contributed by atoms with van der Waals surface area (Å²) in [5, 5.41) is 0. The minimum absolute atomic E-state index is 0.138. The van der Waals surface area contributed by atoms with Gasteiger partial charge in [0.05, 0.1) is 0 Å². The Morgan fingerprint density at radius 3 is 2.47 bits per heavy atom. The second-order valence-electron chi connectivity index (χ2n) is 3.68. The first-order chi connectivity index (χ1) is 8.10. The monoisotopic (exact) mass is 232 g/mol. The lowest BCUT2D eigenvalue weighted by Crippen LogP contribution is -2.34. The number of hydrogen-bond acceptors (Lipinski definition) is 2. The zero-order valence-electron chi connectivity index (χ0n) is 9.90. The fraction of sp³-hybridized carbons (Fsp3) is 0.231. The molecular formula is C13H16N2O2. The Kier molecular flexibility index (Phi) is 4.46. The Labute approximate surface area is 100 Å². The van der Waals surface area contributed by atoms with Crippen LogP contribution in [0.25, 0.3) is 0 Å². The highest BCUT2D eigenvalue weighted by Gasteiger charge is 2.16. The molecule has 0 fully saturated rings. The SMILES string of the molecule is C=CCN(CC=C)C(=O)c1c[nH]c(C)cc1=O. The van der Waals surface area contributed by atoms with Crippen molar-refractivity contribution in [1.29, 1.82) is 0 Å². The molecule has 17 heavy (non-hydrogen) atoms. The van der Waals surface area contributed by atoms with Crippen LogP contribution in [0.3, 0.4) is 0 Å². The Balaban J connectivity index is 3.04. The molecule has 0 unspecified atom stereocenters. The van der Waals surface area contributed by atoms with Gasteiger partial charge in [0.25, 0.3) is 5.91 Å². The third-order valence-electron chi connectivity index (χ3n) is 2.27. The van der Waals surface area contributed by atoms with Gasteiger partial charge in [-0.15, -0.1) is 13.2 Å². The predicted molar refractivity (Wildman–Crippen MR) is 68.1 cm³/mol. The highest BCUT2D eigenvalue weighted by molar-refractivity contribution is 5.94. The summed E-state index contributed by atoms with van der Waals surface area (Å²) in [4.78, 5) is 28.1. The van der Waals surface area contributed by atoms with Crippen LogP contribution < -0.4 is 5.43 Å². The number of nitrogens with zero attached hydrogens (tertiary/aromatic N) is 1. The van der Waals surface area contributed by atoms with Crippen LogP contribution in [0, 0.1) is 6.92 Å². The van der Waals surface area contributed by atoms with Crippen molar-refractivity contribution in [3.05, 3.63) is 59.1 Å². The van der Waals surface area contributed by atoms with Gasteiger partial charge in [-0.1, -0.05) is 12.2 Å². The number of rotatable bonds is 5. The summed E-state index contributed by atoms with van der Waals surface area (Å²) in [5.41, 5.74) is 0.592. The molecule has 0 atom stereocenters. The van der Waals surface area contributed by atoms with Crippen LogP contribution in [-0.2, 0) is 0 Å². The summed E-state index contributed by atoms with van der Waals surface area (Å²) in [6.07, 6.45) is 4.67. The quantitative estimate of drug-likeness (QED) is 0.782. The molecule has 1 aromatic rings. The first kappa shape index (κ1) is 13.0. The van der Waals surface area contributed by atoms with E-state index in [4.69, 9.17) is 0 Å². The number of aromatic amines is 1. The van der Waals surface area contributed by atoms with Crippen molar-refractivity contribution in [1.82, 2.24) is 9.88 Å². The summed E-state index contributed by atoms with van der Waals surface area (Å²) in [7, 11) is 0. The smallest absolute Gasteiger partial charge is 0.259 e. The summed E-state index contributed by atoms with van der Waals surface area (Å²) in [6, 6.07) is 1.41. The molecule has 0 aliphatic rings. The van der Waals surface area contributed by atoms with Crippen molar-refractivity contribution in [2.45, 2.75) is 6.92 Å². The Hall–Kier alpha value is -2.10. The van der Waals surface area contributed by atoms with Crippen molar-refractivity contribution < 1.29 is 4.79 Å². The predicted octanol–water partition coefficient (Wildman–Crippen LogP) is 1.50. The normalized spacial score (nSPS) is 9.71. The molecule has 0 radical (unpaired) electrons. The topological polar surface area (TPSA) is 53.2 Å². The van der Waals surface area contributed by atoms with E-state index in [1.807, 2.05) is 0 Å².